The molecular formula is C17H20N2O2. The van der Waals surface area contributed by atoms with E-state index in [2.05, 4.69) is 18.0 Å². The number of hydrogen-bond acceptors (Lipinski definition) is 4. The van der Waals surface area contributed by atoms with Crippen LogP contribution in [0.3, 0.4) is 0 Å². The molecule has 0 bridgehead atoms. The molecule has 4 nitrogen and oxygen atoms in total. The zero-order chi connectivity index (χ0) is 14.8. The van der Waals surface area contributed by atoms with Gasteiger partial charge >= 0.3 is 0 Å². The van der Waals surface area contributed by atoms with E-state index in [9.17, 15) is 0 Å². The minimum Gasteiger partial charge on any atom is -0.469 e. The van der Waals surface area contributed by atoms with Crippen molar-refractivity contribution in [2.75, 3.05) is 13.6 Å². The average Bonchev–Trinajstić information content (AvgIpc) is 3.08. The van der Waals surface area contributed by atoms with Crippen LogP contribution in [-0.4, -0.2) is 18.5 Å². The van der Waals surface area contributed by atoms with Gasteiger partial charge in [0, 0.05) is 29.6 Å². The molecule has 2 N–H and O–H groups in total. The van der Waals surface area contributed by atoms with Crippen LogP contribution in [0.1, 0.15) is 22.9 Å². The Hall–Kier alpha value is -2.04. The molecule has 0 aliphatic carbocycles. The van der Waals surface area contributed by atoms with E-state index in [4.69, 9.17) is 14.6 Å². The Balaban J connectivity index is 1.89. The molecule has 3 rings (SSSR count). The number of hydrogen-bond donors (Lipinski definition) is 1. The molecule has 0 aliphatic rings. The number of fused-ring (bicyclic) bond motifs is 1. The summed E-state index contributed by atoms with van der Waals surface area (Å²) in [6.45, 7) is 3.31. The normalized spacial score (nSPS) is 13.1. The number of benzene rings is 1. The molecule has 0 fully saturated rings. The molecule has 2 aromatic heterocycles. The molecule has 21 heavy (non-hydrogen) atoms. The van der Waals surface area contributed by atoms with E-state index in [1.165, 1.54) is 5.56 Å². The van der Waals surface area contributed by atoms with E-state index in [0.29, 0.717) is 6.54 Å². The summed E-state index contributed by atoms with van der Waals surface area (Å²) in [5.74, 6) is 0.953. The minimum atomic E-state index is 0.114. The first-order chi connectivity index (χ1) is 10.2. The molecule has 1 atom stereocenters. The molecule has 0 amide bonds. The van der Waals surface area contributed by atoms with Gasteiger partial charge in [-0.3, -0.25) is 4.90 Å². The first-order valence-electron chi connectivity index (χ1n) is 7.10. The molecule has 4 heteroatoms. The van der Waals surface area contributed by atoms with Crippen molar-refractivity contribution in [2.45, 2.75) is 19.5 Å². The van der Waals surface area contributed by atoms with Gasteiger partial charge in [0.05, 0.1) is 18.6 Å². The van der Waals surface area contributed by atoms with E-state index in [-0.39, 0.29) is 6.04 Å². The minimum absolute atomic E-state index is 0.114. The third-order valence-corrected chi connectivity index (χ3v) is 4.01. The summed E-state index contributed by atoms with van der Waals surface area (Å²) in [5.41, 5.74) is 9.24. The number of para-hydroxylation sites is 1. The van der Waals surface area contributed by atoms with E-state index in [1.807, 2.05) is 37.5 Å². The largest absolute Gasteiger partial charge is 0.469 e. The predicted octanol–water partition coefficient (Wildman–Crippen LogP) is 3.47. The summed E-state index contributed by atoms with van der Waals surface area (Å²) < 4.78 is 11.0. The van der Waals surface area contributed by atoms with Gasteiger partial charge in [0.25, 0.3) is 0 Å². The highest BCUT2D eigenvalue weighted by Gasteiger charge is 2.21. The van der Waals surface area contributed by atoms with Crippen molar-refractivity contribution in [3.63, 3.8) is 0 Å². The molecular weight excluding hydrogens is 264 g/mol. The molecule has 1 aromatic carbocycles. The first-order valence-corrected chi connectivity index (χ1v) is 7.10. The van der Waals surface area contributed by atoms with Crippen LogP contribution in [0, 0.1) is 6.92 Å². The number of aryl methyl sites for hydroxylation is 1. The highest BCUT2D eigenvalue weighted by Crippen LogP contribution is 2.30. The highest BCUT2D eigenvalue weighted by molar-refractivity contribution is 5.81. The lowest BCUT2D eigenvalue weighted by Gasteiger charge is -2.26. The number of nitrogens with two attached hydrogens (primary N) is 1. The van der Waals surface area contributed by atoms with Gasteiger partial charge in [0.15, 0.2) is 0 Å². The van der Waals surface area contributed by atoms with Gasteiger partial charge in [-0.15, -0.1) is 0 Å². The van der Waals surface area contributed by atoms with E-state index in [0.717, 1.165) is 28.8 Å². The number of nitrogens with zero attached hydrogens (tertiary/aromatic N) is 1. The van der Waals surface area contributed by atoms with Gasteiger partial charge in [0.1, 0.15) is 11.3 Å². The molecule has 1 unspecified atom stereocenters. The van der Waals surface area contributed by atoms with Crippen LogP contribution in [-0.2, 0) is 6.54 Å². The van der Waals surface area contributed by atoms with Gasteiger partial charge in [-0.25, -0.2) is 0 Å². The Bertz CT molecular complexity index is 729. The monoisotopic (exact) mass is 284 g/mol. The molecule has 0 saturated heterocycles. The number of likely N-dealkylation sites (N-methyl/N-ethyl adjacent to an activating group) is 1. The van der Waals surface area contributed by atoms with Crippen molar-refractivity contribution < 1.29 is 8.83 Å². The predicted molar refractivity (Wildman–Crippen MR) is 82.9 cm³/mol. The Morgan fingerprint density at radius 1 is 1.19 bits per heavy atom. The van der Waals surface area contributed by atoms with Crippen molar-refractivity contribution in [3.05, 3.63) is 59.7 Å². The summed E-state index contributed by atoms with van der Waals surface area (Å²) in [7, 11) is 2.08. The van der Waals surface area contributed by atoms with Gasteiger partial charge in [-0.05, 0) is 26.1 Å². The fourth-order valence-electron chi connectivity index (χ4n) is 2.75. The standard InChI is InChI=1S/C17H20N2O2/c1-12-13(7-8-20-12)10-19(2)16(9-18)15-11-21-17-6-4-3-5-14(15)17/h3-8,11,16H,9-10,18H2,1-2H3. The zero-order valence-electron chi connectivity index (χ0n) is 12.4. The summed E-state index contributed by atoms with van der Waals surface area (Å²) in [6, 6.07) is 10.2. The second kappa shape index (κ2) is 5.76. The second-order valence-corrected chi connectivity index (χ2v) is 5.36. The van der Waals surface area contributed by atoms with Crippen molar-refractivity contribution in [1.29, 1.82) is 0 Å². The lowest BCUT2D eigenvalue weighted by atomic mass is 10.0. The Morgan fingerprint density at radius 3 is 2.71 bits per heavy atom. The lowest BCUT2D eigenvalue weighted by Crippen LogP contribution is -2.30. The quantitative estimate of drug-likeness (QED) is 0.779. The smallest absolute Gasteiger partial charge is 0.134 e. The summed E-state index contributed by atoms with van der Waals surface area (Å²) >= 11 is 0. The molecule has 0 aliphatic heterocycles. The zero-order valence-corrected chi connectivity index (χ0v) is 12.4. The average molecular weight is 284 g/mol. The summed E-state index contributed by atoms with van der Waals surface area (Å²) in [6.07, 6.45) is 3.55. The van der Waals surface area contributed by atoms with Crippen molar-refractivity contribution >= 4 is 11.0 Å². The van der Waals surface area contributed by atoms with Crippen LogP contribution < -0.4 is 5.73 Å². The van der Waals surface area contributed by atoms with E-state index < -0.39 is 0 Å². The van der Waals surface area contributed by atoms with Crippen LogP contribution in [0.4, 0.5) is 0 Å². The summed E-state index contributed by atoms with van der Waals surface area (Å²) in [4.78, 5) is 2.23. The van der Waals surface area contributed by atoms with E-state index in [1.54, 1.807) is 6.26 Å². The maximum Gasteiger partial charge on any atom is 0.134 e. The second-order valence-electron chi connectivity index (χ2n) is 5.36. The topological polar surface area (TPSA) is 55.5 Å². The van der Waals surface area contributed by atoms with Crippen LogP contribution in [0.2, 0.25) is 0 Å². The number of furan rings is 2. The molecule has 3 aromatic rings. The Morgan fingerprint density at radius 2 is 2.00 bits per heavy atom. The fraction of sp³-hybridized carbons (Fsp3) is 0.294. The van der Waals surface area contributed by atoms with Crippen molar-refractivity contribution in [3.8, 4) is 0 Å². The van der Waals surface area contributed by atoms with Gasteiger partial charge in [0.2, 0.25) is 0 Å². The summed E-state index contributed by atoms with van der Waals surface area (Å²) in [5, 5.41) is 1.13. The van der Waals surface area contributed by atoms with Gasteiger partial charge in [-0.2, -0.15) is 0 Å². The SMILES string of the molecule is Cc1occc1CN(C)C(CN)c1coc2ccccc12. The molecule has 0 radical (unpaired) electrons. The van der Waals surface area contributed by atoms with Gasteiger partial charge < -0.3 is 14.6 Å². The van der Waals surface area contributed by atoms with E-state index >= 15 is 0 Å². The highest BCUT2D eigenvalue weighted by atomic mass is 16.3. The van der Waals surface area contributed by atoms with Crippen molar-refractivity contribution in [1.82, 2.24) is 4.90 Å². The first kappa shape index (κ1) is 13.9. The molecule has 110 valence electrons. The third-order valence-electron chi connectivity index (χ3n) is 4.01. The molecule has 2 heterocycles. The Labute approximate surface area is 124 Å². The van der Waals surface area contributed by atoms with Crippen LogP contribution in [0.25, 0.3) is 11.0 Å². The van der Waals surface area contributed by atoms with Crippen molar-refractivity contribution in [2.24, 2.45) is 5.73 Å². The molecule has 0 saturated carbocycles. The van der Waals surface area contributed by atoms with Crippen LogP contribution >= 0.6 is 0 Å². The van der Waals surface area contributed by atoms with Crippen LogP contribution in [0.5, 0.6) is 0 Å². The van der Waals surface area contributed by atoms with Crippen LogP contribution in [0.15, 0.2) is 51.7 Å². The lowest BCUT2D eigenvalue weighted by molar-refractivity contribution is 0.240. The molecule has 0 spiro atoms. The fourth-order valence-corrected chi connectivity index (χ4v) is 2.75. The van der Waals surface area contributed by atoms with Gasteiger partial charge in [-0.1, -0.05) is 18.2 Å². The Kier molecular flexibility index (Phi) is 3.82. The number of rotatable bonds is 5. The maximum absolute atomic E-state index is 6.02. The third kappa shape index (κ3) is 2.60. The maximum atomic E-state index is 6.02.